The van der Waals surface area contributed by atoms with E-state index in [1.165, 1.54) is 117 Å². The normalized spacial score (nSPS) is 11.9. The van der Waals surface area contributed by atoms with Crippen LogP contribution < -0.4 is 30.8 Å². The Labute approximate surface area is 330 Å². The molecule has 0 amide bonds. The average Bonchev–Trinajstić information content (AvgIpc) is 3.20. The lowest BCUT2D eigenvalue weighted by atomic mass is 10.1. The van der Waals surface area contributed by atoms with Gasteiger partial charge in [-0.2, -0.15) is 0 Å². The smallest absolute Gasteiger partial charge is 0.0875 e. The molecule has 0 aliphatic heterocycles. The summed E-state index contributed by atoms with van der Waals surface area (Å²) in [5.74, 6) is 0. The summed E-state index contributed by atoms with van der Waals surface area (Å²) in [4.78, 5) is 0. The first kappa shape index (κ1) is 40.1. The standard InChI is InChI=1S/C50H61NP2Si/c1-8-11-36-54(37-12-9-2,38-13-10-3)50-35-34-49(47-16-14-15-17-48(47)50)51(52(43-26-18-39(4)19-27-43)44-28-20-40(5)21-29-44)53(45-30-22-41(6)23-31-45)46-32-24-42(7)25-33-46/h14-35H,8-13,36-38H2,1-7H3. The molecule has 1 nitrogen and oxygen atoms in total. The highest BCUT2D eigenvalue weighted by Crippen LogP contribution is 2.58. The third kappa shape index (κ3) is 9.11. The van der Waals surface area contributed by atoms with E-state index >= 15 is 0 Å². The number of hydrogen-bond acceptors (Lipinski definition) is 1. The van der Waals surface area contributed by atoms with Crippen LogP contribution in [0.1, 0.15) is 81.5 Å². The molecule has 54 heavy (non-hydrogen) atoms. The molecule has 280 valence electrons. The van der Waals surface area contributed by atoms with E-state index in [4.69, 9.17) is 0 Å². The zero-order chi connectivity index (χ0) is 38.1. The Morgan fingerprint density at radius 2 is 0.741 bits per heavy atom. The molecule has 0 saturated heterocycles. The fourth-order valence-electron chi connectivity index (χ4n) is 8.03. The molecule has 0 heterocycles. The minimum absolute atomic E-state index is 0.983. The minimum atomic E-state index is -1.80. The van der Waals surface area contributed by atoms with Gasteiger partial charge in [-0.3, -0.25) is 0 Å². The van der Waals surface area contributed by atoms with Crippen molar-refractivity contribution in [2.75, 3.05) is 4.44 Å². The fraction of sp³-hybridized carbons (Fsp3) is 0.320. The summed E-state index contributed by atoms with van der Waals surface area (Å²) in [5.41, 5.74) is 6.55. The van der Waals surface area contributed by atoms with Crippen LogP contribution in [0.15, 0.2) is 133 Å². The third-order valence-corrected chi connectivity index (χ3v) is 22.1. The van der Waals surface area contributed by atoms with Gasteiger partial charge in [-0.25, -0.2) is 0 Å². The monoisotopic (exact) mass is 765 g/mol. The van der Waals surface area contributed by atoms with Crippen LogP contribution in [0.3, 0.4) is 0 Å². The summed E-state index contributed by atoms with van der Waals surface area (Å²) in [7, 11) is -3.77. The highest BCUT2D eigenvalue weighted by molar-refractivity contribution is 7.90. The average molecular weight is 766 g/mol. The van der Waals surface area contributed by atoms with E-state index in [-0.39, 0.29) is 0 Å². The molecule has 0 aliphatic rings. The van der Waals surface area contributed by atoms with Gasteiger partial charge in [0.1, 0.15) is 0 Å². The largest absolute Gasteiger partial charge is 0.312 e. The number of aryl methyl sites for hydroxylation is 4. The highest BCUT2D eigenvalue weighted by atomic mass is 31.2. The number of rotatable bonds is 17. The van der Waals surface area contributed by atoms with Crippen LogP contribution in [-0.2, 0) is 0 Å². The molecule has 0 radical (unpaired) electrons. The zero-order valence-corrected chi connectivity index (χ0v) is 36.7. The second-order valence-electron chi connectivity index (χ2n) is 15.5. The van der Waals surface area contributed by atoms with Gasteiger partial charge < -0.3 is 4.44 Å². The predicted octanol–water partition coefficient (Wildman–Crippen LogP) is 13.0. The molecular formula is C50H61NP2Si. The van der Waals surface area contributed by atoms with E-state index in [2.05, 4.69) is 186 Å². The summed E-state index contributed by atoms with van der Waals surface area (Å²) in [6.45, 7) is 16.0. The number of nitrogens with zero attached hydrogens (tertiary/aromatic N) is 1. The van der Waals surface area contributed by atoms with Crippen molar-refractivity contribution in [2.24, 2.45) is 0 Å². The Bertz CT molecular complexity index is 1860. The molecule has 0 spiro atoms. The maximum atomic E-state index is 2.91. The number of fused-ring (bicyclic) bond motifs is 1. The summed E-state index contributed by atoms with van der Waals surface area (Å²) in [6, 6.07) is 56.7. The lowest BCUT2D eigenvalue weighted by Crippen LogP contribution is -2.48. The fourth-order valence-corrected chi connectivity index (χ4v) is 19.8. The number of anilines is 1. The summed E-state index contributed by atoms with van der Waals surface area (Å²) in [5, 5.41) is 10.2. The van der Waals surface area contributed by atoms with Gasteiger partial charge in [-0.05, 0) is 39.1 Å². The van der Waals surface area contributed by atoms with Crippen molar-refractivity contribution in [3.63, 3.8) is 0 Å². The summed E-state index contributed by atoms with van der Waals surface area (Å²) < 4.78 is 2.91. The van der Waals surface area contributed by atoms with Crippen LogP contribution in [0.4, 0.5) is 5.69 Å². The van der Waals surface area contributed by atoms with E-state index in [0.717, 1.165) is 0 Å². The molecule has 0 aliphatic carbocycles. The molecule has 0 aromatic heterocycles. The van der Waals surface area contributed by atoms with E-state index in [1.807, 2.05) is 0 Å². The maximum Gasteiger partial charge on any atom is 0.0875 e. The summed E-state index contributed by atoms with van der Waals surface area (Å²) in [6.07, 6.45) is 7.81. The second-order valence-corrected chi connectivity index (χ2v) is 24.6. The summed E-state index contributed by atoms with van der Waals surface area (Å²) >= 11 is 0. The topological polar surface area (TPSA) is 3.24 Å². The maximum absolute atomic E-state index is 2.91. The zero-order valence-electron chi connectivity index (χ0n) is 33.9. The second kappa shape index (κ2) is 18.9. The first-order valence-electron chi connectivity index (χ1n) is 20.5. The molecule has 6 aromatic carbocycles. The Kier molecular flexibility index (Phi) is 14.0. The van der Waals surface area contributed by atoms with Gasteiger partial charge in [0.15, 0.2) is 0 Å². The van der Waals surface area contributed by atoms with Gasteiger partial charge >= 0.3 is 0 Å². The van der Waals surface area contributed by atoms with E-state index in [9.17, 15) is 0 Å². The van der Waals surface area contributed by atoms with Crippen LogP contribution in [0, 0.1) is 27.7 Å². The predicted molar refractivity (Wildman–Crippen MR) is 248 cm³/mol. The SMILES string of the molecule is CCCC[Si](CCCC)(CCCC)c1ccc(N(P(c2ccc(C)cc2)c2ccc(C)cc2)P(c2ccc(C)cc2)c2ccc(C)cc2)c2ccccc12. The Morgan fingerprint density at radius 3 is 1.07 bits per heavy atom. The molecule has 6 aromatic rings. The van der Waals surface area contributed by atoms with Crippen LogP contribution in [0.25, 0.3) is 10.8 Å². The van der Waals surface area contributed by atoms with Gasteiger partial charge in [-0.15, -0.1) is 0 Å². The van der Waals surface area contributed by atoms with Gasteiger partial charge in [0.2, 0.25) is 0 Å². The molecule has 0 atom stereocenters. The van der Waals surface area contributed by atoms with Gasteiger partial charge in [-0.1, -0.05) is 232 Å². The van der Waals surface area contributed by atoms with Crippen molar-refractivity contribution in [1.29, 1.82) is 0 Å². The molecule has 0 N–H and O–H groups in total. The van der Waals surface area contributed by atoms with Crippen molar-refractivity contribution in [2.45, 2.75) is 105 Å². The van der Waals surface area contributed by atoms with Gasteiger partial charge in [0.05, 0.1) is 29.9 Å². The number of benzene rings is 6. The van der Waals surface area contributed by atoms with Crippen molar-refractivity contribution in [3.8, 4) is 0 Å². The Balaban J connectivity index is 1.71. The van der Waals surface area contributed by atoms with Crippen molar-refractivity contribution >= 4 is 67.1 Å². The molecule has 6 rings (SSSR count). The van der Waals surface area contributed by atoms with Crippen LogP contribution in [-0.4, -0.2) is 8.07 Å². The third-order valence-electron chi connectivity index (χ3n) is 11.2. The Hall–Kier alpha value is -3.54. The number of hydrogen-bond donors (Lipinski definition) is 0. The molecule has 0 unspecified atom stereocenters. The molecule has 0 saturated carbocycles. The van der Waals surface area contributed by atoms with Gasteiger partial charge in [0, 0.05) is 26.6 Å². The molecule has 0 bridgehead atoms. The lowest BCUT2D eigenvalue weighted by Gasteiger charge is -2.42. The van der Waals surface area contributed by atoms with Gasteiger partial charge in [0.25, 0.3) is 0 Å². The molecule has 0 fully saturated rings. The minimum Gasteiger partial charge on any atom is -0.312 e. The number of unbranched alkanes of at least 4 members (excludes halogenated alkanes) is 3. The van der Waals surface area contributed by atoms with E-state index in [0.29, 0.717) is 0 Å². The van der Waals surface area contributed by atoms with Crippen molar-refractivity contribution in [1.82, 2.24) is 0 Å². The Morgan fingerprint density at radius 1 is 0.407 bits per heavy atom. The molecule has 4 heteroatoms. The van der Waals surface area contributed by atoms with Crippen LogP contribution >= 0.6 is 16.1 Å². The lowest BCUT2D eigenvalue weighted by molar-refractivity contribution is 0.801. The van der Waals surface area contributed by atoms with Crippen LogP contribution in [0.2, 0.25) is 18.1 Å². The molecular weight excluding hydrogens is 705 g/mol. The highest BCUT2D eigenvalue weighted by Gasteiger charge is 2.37. The van der Waals surface area contributed by atoms with Crippen molar-refractivity contribution in [3.05, 3.63) is 156 Å². The van der Waals surface area contributed by atoms with E-state index < -0.39 is 24.2 Å². The van der Waals surface area contributed by atoms with Crippen LogP contribution in [0.5, 0.6) is 0 Å². The van der Waals surface area contributed by atoms with Crippen molar-refractivity contribution < 1.29 is 0 Å². The first-order chi connectivity index (χ1) is 26.3. The quantitative estimate of drug-likeness (QED) is 0.0660. The first-order valence-corrected chi connectivity index (χ1v) is 25.7. The van der Waals surface area contributed by atoms with E-state index in [1.54, 1.807) is 5.19 Å².